The minimum atomic E-state index is 0.808. The van der Waals surface area contributed by atoms with E-state index in [9.17, 15) is 0 Å². The molecule has 2 heterocycles. The monoisotopic (exact) mass is 319 g/mol. The third-order valence-electron chi connectivity index (χ3n) is 2.52. The summed E-state index contributed by atoms with van der Waals surface area (Å²) in [4.78, 5) is 10.0. The molecule has 0 N–H and O–H groups in total. The van der Waals surface area contributed by atoms with E-state index in [1.807, 2.05) is 16.8 Å². The summed E-state index contributed by atoms with van der Waals surface area (Å²) in [6.45, 7) is 2.09. The Hall–Kier alpha value is -1.33. The Morgan fingerprint density at radius 1 is 1.33 bits per heavy atom. The van der Waals surface area contributed by atoms with Gasteiger partial charge in [-0.1, -0.05) is 29.5 Å². The summed E-state index contributed by atoms with van der Waals surface area (Å²) >= 11 is 5.05. The van der Waals surface area contributed by atoms with Crippen LogP contribution in [0.25, 0.3) is 5.65 Å². The lowest BCUT2D eigenvalue weighted by Crippen LogP contribution is -1.91. The summed E-state index contributed by atoms with van der Waals surface area (Å²) in [5.74, 6) is 0. The van der Waals surface area contributed by atoms with E-state index < -0.39 is 0 Å². The lowest BCUT2D eigenvalue weighted by Gasteiger charge is -2.04. The fraction of sp³-hybridized carbons (Fsp3) is 0.0769. The van der Waals surface area contributed by atoms with Crippen molar-refractivity contribution in [3.8, 4) is 0 Å². The van der Waals surface area contributed by atoms with E-state index in [0.717, 1.165) is 15.3 Å². The van der Waals surface area contributed by atoms with Crippen molar-refractivity contribution in [1.82, 2.24) is 14.4 Å². The lowest BCUT2D eigenvalue weighted by atomic mass is 10.2. The van der Waals surface area contributed by atoms with Crippen LogP contribution >= 0.6 is 27.7 Å². The highest BCUT2D eigenvalue weighted by atomic mass is 79.9. The first-order valence-corrected chi connectivity index (χ1v) is 7.07. The van der Waals surface area contributed by atoms with Gasteiger partial charge in [-0.25, -0.2) is 9.97 Å². The Kier molecular flexibility index (Phi) is 3.09. The molecular weight excluding hydrogens is 310 g/mol. The summed E-state index contributed by atoms with van der Waals surface area (Å²) in [7, 11) is 0. The average molecular weight is 320 g/mol. The van der Waals surface area contributed by atoms with Crippen molar-refractivity contribution in [2.45, 2.75) is 16.8 Å². The number of benzene rings is 1. The molecular formula is C13H10BrN3S. The summed E-state index contributed by atoms with van der Waals surface area (Å²) < 4.78 is 2.78. The van der Waals surface area contributed by atoms with Crippen molar-refractivity contribution in [2.24, 2.45) is 0 Å². The van der Waals surface area contributed by atoms with Crippen LogP contribution in [0.5, 0.6) is 0 Å². The van der Waals surface area contributed by atoms with Gasteiger partial charge in [0.15, 0.2) is 5.65 Å². The molecule has 0 fully saturated rings. The Balaban J connectivity index is 2.06. The van der Waals surface area contributed by atoms with Crippen LogP contribution in [0.4, 0.5) is 0 Å². The van der Waals surface area contributed by atoms with Gasteiger partial charge < -0.3 is 4.40 Å². The molecule has 0 aliphatic rings. The third-order valence-corrected chi connectivity index (χ3v) is 3.86. The number of fused-ring (bicyclic) bond motifs is 1. The van der Waals surface area contributed by atoms with Gasteiger partial charge in [0.2, 0.25) is 0 Å². The molecule has 0 unspecified atom stereocenters. The first kappa shape index (κ1) is 11.7. The molecule has 0 radical (unpaired) electrons. The van der Waals surface area contributed by atoms with E-state index in [-0.39, 0.29) is 0 Å². The number of hydrogen-bond donors (Lipinski definition) is 0. The van der Waals surface area contributed by atoms with Crippen LogP contribution in [0.15, 0.2) is 57.4 Å². The van der Waals surface area contributed by atoms with E-state index in [0.29, 0.717) is 0 Å². The SMILES string of the molecule is Cc1cccc(Sc2nc(Br)cn3ccnc23)c1. The molecule has 2 aromatic heterocycles. The van der Waals surface area contributed by atoms with E-state index in [1.54, 1.807) is 18.0 Å². The lowest BCUT2D eigenvalue weighted by molar-refractivity contribution is 1.01. The number of aromatic nitrogens is 3. The number of imidazole rings is 1. The van der Waals surface area contributed by atoms with Crippen LogP contribution in [0, 0.1) is 6.92 Å². The molecule has 0 aliphatic heterocycles. The Morgan fingerprint density at radius 2 is 2.22 bits per heavy atom. The molecule has 0 spiro atoms. The van der Waals surface area contributed by atoms with Crippen molar-refractivity contribution in [3.05, 3.63) is 53.0 Å². The zero-order valence-corrected chi connectivity index (χ0v) is 12.1. The normalized spacial score (nSPS) is 11.0. The van der Waals surface area contributed by atoms with Crippen molar-refractivity contribution in [1.29, 1.82) is 0 Å². The minimum Gasteiger partial charge on any atom is -0.302 e. The van der Waals surface area contributed by atoms with Crippen LogP contribution in [0.3, 0.4) is 0 Å². The topological polar surface area (TPSA) is 30.2 Å². The molecule has 3 aromatic rings. The number of rotatable bonds is 2. The zero-order valence-electron chi connectivity index (χ0n) is 9.67. The second-order valence-electron chi connectivity index (χ2n) is 3.95. The maximum Gasteiger partial charge on any atom is 0.170 e. The number of hydrogen-bond acceptors (Lipinski definition) is 3. The summed E-state index contributed by atoms with van der Waals surface area (Å²) in [6, 6.07) is 8.37. The molecule has 3 rings (SSSR count). The highest BCUT2D eigenvalue weighted by Crippen LogP contribution is 2.30. The van der Waals surface area contributed by atoms with Crippen LogP contribution in [0.1, 0.15) is 5.56 Å². The molecule has 3 nitrogen and oxygen atoms in total. The predicted molar refractivity (Wildman–Crippen MR) is 76.0 cm³/mol. The molecule has 0 amide bonds. The average Bonchev–Trinajstić information content (AvgIpc) is 2.77. The van der Waals surface area contributed by atoms with Gasteiger partial charge in [-0.15, -0.1) is 0 Å². The molecule has 90 valence electrons. The van der Waals surface area contributed by atoms with Gasteiger partial charge in [-0.05, 0) is 35.0 Å². The van der Waals surface area contributed by atoms with Crippen LogP contribution in [-0.4, -0.2) is 14.4 Å². The molecule has 18 heavy (non-hydrogen) atoms. The Morgan fingerprint density at radius 3 is 3.06 bits per heavy atom. The number of halogens is 1. The molecule has 0 saturated heterocycles. The van der Waals surface area contributed by atoms with Crippen molar-refractivity contribution in [2.75, 3.05) is 0 Å². The van der Waals surface area contributed by atoms with Crippen LogP contribution < -0.4 is 0 Å². The fourth-order valence-corrected chi connectivity index (χ4v) is 3.26. The van der Waals surface area contributed by atoms with Crippen LogP contribution in [-0.2, 0) is 0 Å². The van der Waals surface area contributed by atoms with Crippen molar-refractivity contribution >= 4 is 33.3 Å². The van der Waals surface area contributed by atoms with E-state index >= 15 is 0 Å². The molecule has 0 bridgehead atoms. The third kappa shape index (κ3) is 2.28. The standard InChI is InChI=1S/C13H10BrN3S/c1-9-3-2-4-10(7-9)18-13-12-15-5-6-17(12)8-11(14)16-13/h2-8H,1H3. The van der Waals surface area contributed by atoms with Gasteiger partial charge in [0, 0.05) is 23.5 Å². The van der Waals surface area contributed by atoms with E-state index in [2.05, 4.69) is 57.1 Å². The second-order valence-corrected chi connectivity index (χ2v) is 5.82. The van der Waals surface area contributed by atoms with Crippen molar-refractivity contribution in [3.63, 3.8) is 0 Å². The minimum absolute atomic E-state index is 0.808. The second kappa shape index (κ2) is 4.74. The number of aryl methyl sites for hydroxylation is 1. The maximum atomic E-state index is 4.49. The molecule has 1 aromatic carbocycles. The quantitative estimate of drug-likeness (QED) is 0.716. The molecule has 0 saturated carbocycles. The predicted octanol–water partition coefficient (Wildman–Crippen LogP) is 3.95. The fourth-order valence-electron chi connectivity index (χ4n) is 1.73. The van der Waals surface area contributed by atoms with Gasteiger partial charge in [-0.3, -0.25) is 0 Å². The Labute approximate surface area is 117 Å². The van der Waals surface area contributed by atoms with Gasteiger partial charge in [-0.2, -0.15) is 0 Å². The maximum absolute atomic E-state index is 4.49. The summed E-state index contributed by atoms with van der Waals surface area (Å²) in [6.07, 6.45) is 5.61. The summed E-state index contributed by atoms with van der Waals surface area (Å²) in [5, 5.41) is 0.903. The highest BCUT2D eigenvalue weighted by molar-refractivity contribution is 9.10. The van der Waals surface area contributed by atoms with Gasteiger partial charge in [0.1, 0.15) is 9.63 Å². The smallest absolute Gasteiger partial charge is 0.170 e. The first-order valence-electron chi connectivity index (χ1n) is 5.46. The first-order chi connectivity index (χ1) is 8.72. The van der Waals surface area contributed by atoms with Crippen molar-refractivity contribution < 1.29 is 0 Å². The number of nitrogens with zero attached hydrogens (tertiary/aromatic N) is 3. The molecule has 5 heteroatoms. The summed E-state index contributed by atoms with van der Waals surface area (Å²) in [5.41, 5.74) is 2.12. The molecule has 0 atom stereocenters. The molecule has 0 aliphatic carbocycles. The zero-order chi connectivity index (χ0) is 12.5. The van der Waals surface area contributed by atoms with Gasteiger partial charge >= 0.3 is 0 Å². The van der Waals surface area contributed by atoms with E-state index in [1.165, 1.54) is 10.5 Å². The highest BCUT2D eigenvalue weighted by Gasteiger charge is 2.08. The Bertz CT molecular complexity index is 708. The van der Waals surface area contributed by atoms with E-state index in [4.69, 9.17) is 0 Å². The van der Waals surface area contributed by atoms with Crippen LogP contribution in [0.2, 0.25) is 0 Å². The largest absolute Gasteiger partial charge is 0.302 e. The van der Waals surface area contributed by atoms with Gasteiger partial charge in [0.25, 0.3) is 0 Å². The van der Waals surface area contributed by atoms with Gasteiger partial charge in [0.05, 0.1) is 0 Å².